The summed E-state index contributed by atoms with van der Waals surface area (Å²) >= 11 is 0. The van der Waals surface area contributed by atoms with Gasteiger partial charge in [-0.15, -0.1) is 0 Å². The molecule has 0 aliphatic rings. The third kappa shape index (κ3) is 5.70. The zero-order valence-corrected chi connectivity index (χ0v) is 14.6. The molecule has 0 aliphatic carbocycles. The summed E-state index contributed by atoms with van der Waals surface area (Å²) in [6.45, 7) is -0.581. The molecular formula is C19H21F2NO4. The maximum atomic E-state index is 12.7. The molecule has 0 fully saturated rings. The molecule has 140 valence electrons. The summed E-state index contributed by atoms with van der Waals surface area (Å²) in [6.07, 6.45) is 0.814. The minimum absolute atomic E-state index is 0.0189. The third-order valence-corrected chi connectivity index (χ3v) is 3.46. The SMILES string of the molecule is CCCOCC(=O)Nc1ccc(OC(F)F)c(-c2ccc(OC)cc2)c1. The molecule has 0 saturated carbocycles. The van der Waals surface area contributed by atoms with E-state index in [0.717, 1.165) is 6.42 Å². The van der Waals surface area contributed by atoms with Gasteiger partial charge in [0, 0.05) is 17.9 Å². The number of nitrogens with one attached hydrogen (secondary N) is 1. The number of methoxy groups -OCH3 is 1. The van der Waals surface area contributed by atoms with Crippen molar-refractivity contribution in [2.75, 3.05) is 25.6 Å². The van der Waals surface area contributed by atoms with E-state index in [1.54, 1.807) is 30.3 Å². The monoisotopic (exact) mass is 365 g/mol. The van der Waals surface area contributed by atoms with E-state index in [1.807, 2.05) is 6.92 Å². The number of carbonyl (C=O) groups is 1. The third-order valence-electron chi connectivity index (χ3n) is 3.46. The van der Waals surface area contributed by atoms with E-state index in [0.29, 0.717) is 29.2 Å². The normalized spacial score (nSPS) is 10.7. The Morgan fingerprint density at radius 1 is 1.15 bits per heavy atom. The topological polar surface area (TPSA) is 56.8 Å². The second-order valence-electron chi connectivity index (χ2n) is 5.42. The van der Waals surface area contributed by atoms with Gasteiger partial charge in [0.05, 0.1) is 7.11 Å². The van der Waals surface area contributed by atoms with Crippen molar-refractivity contribution in [1.82, 2.24) is 0 Å². The molecule has 7 heteroatoms. The van der Waals surface area contributed by atoms with Crippen molar-refractivity contribution in [3.8, 4) is 22.6 Å². The lowest BCUT2D eigenvalue weighted by atomic mass is 10.0. The smallest absolute Gasteiger partial charge is 0.387 e. The fourth-order valence-electron chi connectivity index (χ4n) is 2.31. The quantitative estimate of drug-likeness (QED) is 0.672. The summed E-state index contributed by atoms with van der Waals surface area (Å²) in [4.78, 5) is 11.9. The standard InChI is InChI=1S/C19H21F2NO4/c1-3-10-25-12-18(23)22-14-6-9-17(26-19(20)21)16(11-14)13-4-7-15(24-2)8-5-13/h4-9,11,19H,3,10,12H2,1-2H3,(H,22,23). The first-order chi connectivity index (χ1) is 12.5. The molecule has 0 aromatic heterocycles. The number of ether oxygens (including phenoxy) is 3. The first-order valence-corrected chi connectivity index (χ1v) is 8.14. The van der Waals surface area contributed by atoms with Gasteiger partial charge in [-0.25, -0.2) is 0 Å². The molecule has 26 heavy (non-hydrogen) atoms. The van der Waals surface area contributed by atoms with Crippen molar-refractivity contribution in [2.45, 2.75) is 20.0 Å². The highest BCUT2D eigenvalue weighted by Gasteiger charge is 2.13. The Hall–Kier alpha value is -2.67. The maximum absolute atomic E-state index is 12.7. The molecule has 2 aromatic carbocycles. The Labute approximate surface area is 150 Å². The first-order valence-electron chi connectivity index (χ1n) is 8.14. The number of anilines is 1. The van der Waals surface area contributed by atoms with Crippen LogP contribution in [0, 0.1) is 0 Å². The zero-order valence-electron chi connectivity index (χ0n) is 14.6. The number of hydrogen-bond acceptors (Lipinski definition) is 4. The van der Waals surface area contributed by atoms with E-state index in [2.05, 4.69) is 10.1 Å². The van der Waals surface area contributed by atoms with Crippen LogP contribution in [0.25, 0.3) is 11.1 Å². The van der Waals surface area contributed by atoms with Crippen LogP contribution >= 0.6 is 0 Å². The van der Waals surface area contributed by atoms with Gasteiger partial charge >= 0.3 is 6.61 Å². The molecule has 2 rings (SSSR count). The van der Waals surface area contributed by atoms with Crippen molar-refractivity contribution < 1.29 is 27.8 Å². The Balaban J connectivity index is 2.25. The predicted octanol–water partition coefficient (Wildman–Crippen LogP) is 4.33. The van der Waals surface area contributed by atoms with Crippen LogP contribution < -0.4 is 14.8 Å². The van der Waals surface area contributed by atoms with Crippen molar-refractivity contribution in [2.24, 2.45) is 0 Å². The van der Waals surface area contributed by atoms with Crippen LogP contribution in [-0.2, 0) is 9.53 Å². The Kier molecular flexibility index (Phi) is 7.35. The summed E-state index contributed by atoms with van der Waals surface area (Å²) in [7, 11) is 1.54. The fraction of sp³-hybridized carbons (Fsp3) is 0.316. The molecule has 2 aromatic rings. The summed E-state index contributed by atoms with van der Waals surface area (Å²) in [5.41, 5.74) is 1.54. The molecule has 0 unspecified atom stereocenters. The summed E-state index contributed by atoms with van der Waals surface area (Å²) < 4.78 is 40.3. The van der Waals surface area contributed by atoms with Crippen molar-refractivity contribution >= 4 is 11.6 Å². The Morgan fingerprint density at radius 3 is 2.50 bits per heavy atom. The molecule has 0 heterocycles. The summed E-state index contributed by atoms with van der Waals surface area (Å²) in [5, 5.41) is 2.68. The van der Waals surface area contributed by atoms with Gasteiger partial charge in [-0.05, 0) is 42.3 Å². The van der Waals surface area contributed by atoms with Crippen LogP contribution in [0.3, 0.4) is 0 Å². The molecule has 0 aliphatic heterocycles. The van der Waals surface area contributed by atoms with Crippen LogP contribution in [0.4, 0.5) is 14.5 Å². The van der Waals surface area contributed by atoms with Crippen LogP contribution in [0.5, 0.6) is 11.5 Å². The highest BCUT2D eigenvalue weighted by atomic mass is 19.3. The lowest BCUT2D eigenvalue weighted by molar-refractivity contribution is -0.120. The first kappa shape index (κ1) is 19.7. The van der Waals surface area contributed by atoms with E-state index >= 15 is 0 Å². The van der Waals surface area contributed by atoms with E-state index in [4.69, 9.17) is 9.47 Å². The van der Waals surface area contributed by atoms with Crippen molar-refractivity contribution in [3.05, 3.63) is 42.5 Å². The number of carbonyl (C=O) groups excluding carboxylic acids is 1. The maximum Gasteiger partial charge on any atom is 0.387 e. The molecular weight excluding hydrogens is 344 g/mol. The predicted molar refractivity (Wildman–Crippen MR) is 94.8 cm³/mol. The highest BCUT2D eigenvalue weighted by molar-refractivity contribution is 5.93. The van der Waals surface area contributed by atoms with Crippen molar-refractivity contribution in [3.63, 3.8) is 0 Å². The van der Waals surface area contributed by atoms with E-state index in [-0.39, 0.29) is 18.3 Å². The lowest BCUT2D eigenvalue weighted by Gasteiger charge is -2.14. The Morgan fingerprint density at radius 2 is 1.88 bits per heavy atom. The summed E-state index contributed by atoms with van der Waals surface area (Å²) in [5.74, 6) is 0.342. The largest absolute Gasteiger partial charge is 0.497 e. The van der Waals surface area contributed by atoms with E-state index in [9.17, 15) is 13.6 Å². The average Bonchev–Trinajstić information content (AvgIpc) is 2.63. The van der Waals surface area contributed by atoms with Crippen LogP contribution in [0.1, 0.15) is 13.3 Å². The average molecular weight is 365 g/mol. The lowest BCUT2D eigenvalue weighted by Crippen LogP contribution is -2.18. The van der Waals surface area contributed by atoms with Crippen LogP contribution in [0.15, 0.2) is 42.5 Å². The molecule has 0 radical (unpaired) electrons. The van der Waals surface area contributed by atoms with Gasteiger partial charge in [-0.2, -0.15) is 8.78 Å². The van der Waals surface area contributed by atoms with Gasteiger partial charge in [0.2, 0.25) is 5.91 Å². The molecule has 0 spiro atoms. The molecule has 0 atom stereocenters. The molecule has 0 bridgehead atoms. The Bertz CT molecular complexity index is 720. The highest BCUT2D eigenvalue weighted by Crippen LogP contribution is 2.34. The minimum Gasteiger partial charge on any atom is -0.497 e. The fourth-order valence-corrected chi connectivity index (χ4v) is 2.31. The minimum atomic E-state index is -2.95. The molecule has 1 amide bonds. The number of halogens is 2. The molecule has 1 N–H and O–H groups in total. The van der Waals surface area contributed by atoms with E-state index in [1.165, 1.54) is 19.2 Å². The number of rotatable bonds is 9. The van der Waals surface area contributed by atoms with E-state index < -0.39 is 6.61 Å². The molecule has 5 nitrogen and oxygen atoms in total. The van der Waals surface area contributed by atoms with Gasteiger partial charge in [0.15, 0.2) is 0 Å². The van der Waals surface area contributed by atoms with Gasteiger partial charge in [0.25, 0.3) is 0 Å². The van der Waals surface area contributed by atoms with Gasteiger partial charge < -0.3 is 19.5 Å². The number of hydrogen-bond donors (Lipinski definition) is 1. The number of alkyl halides is 2. The van der Waals surface area contributed by atoms with Crippen molar-refractivity contribution in [1.29, 1.82) is 0 Å². The van der Waals surface area contributed by atoms with Gasteiger partial charge in [-0.1, -0.05) is 19.1 Å². The van der Waals surface area contributed by atoms with Crippen LogP contribution in [0.2, 0.25) is 0 Å². The van der Waals surface area contributed by atoms with Gasteiger partial charge in [-0.3, -0.25) is 4.79 Å². The van der Waals surface area contributed by atoms with Crippen LogP contribution in [-0.4, -0.2) is 32.8 Å². The number of amides is 1. The van der Waals surface area contributed by atoms with Gasteiger partial charge in [0.1, 0.15) is 18.1 Å². The zero-order chi connectivity index (χ0) is 18.9. The second kappa shape index (κ2) is 9.72. The summed E-state index contributed by atoms with van der Waals surface area (Å²) in [6, 6.07) is 11.4. The second-order valence-corrected chi connectivity index (χ2v) is 5.42. The molecule has 0 saturated heterocycles. The number of benzene rings is 2.